The third-order valence-electron chi connectivity index (χ3n) is 2.16. The SMILES string of the molecule is COc1ccc(CN=C=O)cc1CN(C)C. The van der Waals surface area contributed by atoms with Crippen LogP contribution in [0.15, 0.2) is 23.2 Å². The predicted molar refractivity (Wildman–Crippen MR) is 62.2 cm³/mol. The molecule has 0 saturated carbocycles. The second-order valence-electron chi connectivity index (χ2n) is 3.79. The number of aliphatic imine (C=N–C) groups is 1. The number of methoxy groups -OCH3 is 1. The molecule has 0 fully saturated rings. The van der Waals surface area contributed by atoms with Crippen molar-refractivity contribution in [2.75, 3.05) is 21.2 Å². The number of benzene rings is 1. The van der Waals surface area contributed by atoms with Gasteiger partial charge in [0.15, 0.2) is 0 Å². The van der Waals surface area contributed by atoms with E-state index in [4.69, 9.17) is 4.74 Å². The molecule has 1 aromatic carbocycles. The van der Waals surface area contributed by atoms with Crippen LogP contribution in [0.4, 0.5) is 0 Å². The molecule has 0 aliphatic rings. The number of nitrogens with zero attached hydrogens (tertiary/aromatic N) is 2. The summed E-state index contributed by atoms with van der Waals surface area (Å²) >= 11 is 0. The van der Waals surface area contributed by atoms with Crippen molar-refractivity contribution in [1.29, 1.82) is 0 Å². The van der Waals surface area contributed by atoms with Crippen LogP contribution in [0.3, 0.4) is 0 Å². The van der Waals surface area contributed by atoms with E-state index in [0.29, 0.717) is 6.54 Å². The summed E-state index contributed by atoms with van der Waals surface area (Å²) in [5.74, 6) is 0.854. The second kappa shape index (κ2) is 6.05. The van der Waals surface area contributed by atoms with Crippen LogP contribution in [0, 0.1) is 0 Å². The number of hydrogen-bond donors (Lipinski definition) is 0. The fraction of sp³-hybridized carbons (Fsp3) is 0.417. The summed E-state index contributed by atoms with van der Waals surface area (Å²) in [6.07, 6.45) is 1.54. The Morgan fingerprint density at radius 2 is 2.19 bits per heavy atom. The van der Waals surface area contributed by atoms with Gasteiger partial charge in [-0.1, -0.05) is 6.07 Å². The van der Waals surface area contributed by atoms with Gasteiger partial charge in [-0.25, -0.2) is 9.79 Å². The molecule has 0 heterocycles. The first-order valence-corrected chi connectivity index (χ1v) is 5.01. The van der Waals surface area contributed by atoms with Crippen molar-refractivity contribution in [2.24, 2.45) is 4.99 Å². The average molecular weight is 220 g/mol. The smallest absolute Gasteiger partial charge is 0.235 e. The molecule has 0 amide bonds. The molecule has 0 unspecified atom stereocenters. The van der Waals surface area contributed by atoms with Crippen molar-refractivity contribution in [2.45, 2.75) is 13.1 Å². The van der Waals surface area contributed by atoms with Gasteiger partial charge in [0, 0.05) is 12.1 Å². The quantitative estimate of drug-likeness (QED) is 0.559. The van der Waals surface area contributed by atoms with E-state index in [2.05, 4.69) is 9.89 Å². The minimum atomic E-state index is 0.369. The summed E-state index contributed by atoms with van der Waals surface area (Å²) in [6, 6.07) is 5.80. The summed E-state index contributed by atoms with van der Waals surface area (Å²) in [5.41, 5.74) is 2.08. The maximum atomic E-state index is 10.0. The van der Waals surface area contributed by atoms with E-state index in [0.717, 1.165) is 23.4 Å². The Hall–Kier alpha value is -1.64. The Morgan fingerprint density at radius 3 is 2.75 bits per heavy atom. The standard InChI is InChI=1S/C12H16N2O2/c1-14(2)8-11-6-10(7-13-9-15)4-5-12(11)16-3/h4-6H,7-8H2,1-3H3. The summed E-state index contributed by atoms with van der Waals surface area (Å²) in [6.45, 7) is 1.16. The molecule has 4 nitrogen and oxygen atoms in total. The summed E-state index contributed by atoms with van der Waals surface area (Å²) in [4.78, 5) is 15.7. The molecule has 16 heavy (non-hydrogen) atoms. The molecule has 0 N–H and O–H groups in total. The third kappa shape index (κ3) is 3.50. The zero-order chi connectivity index (χ0) is 12.0. The number of hydrogen-bond acceptors (Lipinski definition) is 4. The molecule has 0 aliphatic heterocycles. The van der Waals surface area contributed by atoms with Crippen molar-refractivity contribution in [3.63, 3.8) is 0 Å². The molecule has 0 atom stereocenters. The van der Waals surface area contributed by atoms with Gasteiger partial charge in [-0.15, -0.1) is 0 Å². The van der Waals surface area contributed by atoms with Crippen molar-refractivity contribution in [1.82, 2.24) is 4.90 Å². The lowest BCUT2D eigenvalue weighted by Crippen LogP contribution is -2.11. The Balaban J connectivity index is 2.95. The van der Waals surface area contributed by atoms with Crippen LogP contribution >= 0.6 is 0 Å². The highest BCUT2D eigenvalue weighted by Crippen LogP contribution is 2.21. The molecule has 0 spiro atoms. The van der Waals surface area contributed by atoms with E-state index in [1.165, 1.54) is 6.08 Å². The lowest BCUT2D eigenvalue weighted by molar-refractivity contribution is 0.371. The second-order valence-corrected chi connectivity index (χ2v) is 3.79. The number of carbonyl (C=O) groups excluding carboxylic acids is 1. The van der Waals surface area contributed by atoms with Crippen LogP contribution in [-0.4, -0.2) is 32.2 Å². The van der Waals surface area contributed by atoms with Gasteiger partial charge < -0.3 is 9.64 Å². The van der Waals surface area contributed by atoms with Crippen molar-refractivity contribution < 1.29 is 9.53 Å². The highest BCUT2D eigenvalue weighted by atomic mass is 16.5. The first-order valence-electron chi connectivity index (χ1n) is 5.01. The Morgan fingerprint density at radius 1 is 1.44 bits per heavy atom. The molecule has 1 aromatic rings. The molecule has 4 heteroatoms. The Bertz CT molecular complexity index is 396. The van der Waals surface area contributed by atoms with Gasteiger partial charge in [-0.05, 0) is 31.8 Å². The van der Waals surface area contributed by atoms with Gasteiger partial charge in [-0.2, -0.15) is 0 Å². The van der Waals surface area contributed by atoms with Gasteiger partial charge in [0.05, 0.1) is 13.7 Å². The fourth-order valence-electron chi connectivity index (χ4n) is 1.52. The minimum Gasteiger partial charge on any atom is -0.496 e. The zero-order valence-electron chi connectivity index (χ0n) is 9.86. The average Bonchev–Trinajstić information content (AvgIpc) is 2.26. The van der Waals surface area contributed by atoms with E-state index in [-0.39, 0.29) is 0 Å². The maximum Gasteiger partial charge on any atom is 0.235 e. The molecule has 0 radical (unpaired) electrons. The highest BCUT2D eigenvalue weighted by molar-refractivity contribution is 5.39. The first-order chi connectivity index (χ1) is 7.67. The lowest BCUT2D eigenvalue weighted by atomic mass is 10.1. The zero-order valence-corrected chi connectivity index (χ0v) is 9.86. The van der Waals surface area contributed by atoms with E-state index >= 15 is 0 Å². The van der Waals surface area contributed by atoms with Crippen LogP contribution < -0.4 is 4.74 Å². The molecule has 0 aromatic heterocycles. The molecular weight excluding hydrogens is 204 g/mol. The van der Waals surface area contributed by atoms with Crippen LogP contribution in [-0.2, 0) is 17.9 Å². The number of ether oxygens (including phenoxy) is 1. The normalized spacial score (nSPS) is 10.0. The first kappa shape index (κ1) is 12.4. The van der Waals surface area contributed by atoms with Crippen LogP contribution in [0.1, 0.15) is 11.1 Å². The molecule has 1 rings (SSSR count). The molecule has 0 saturated heterocycles. The van der Waals surface area contributed by atoms with E-state index in [1.54, 1.807) is 7.11 Å². The van der Waals surface area contributed by atoms with Crippen LogP contribution in [0.25, 0.3) is 0 Å². The van der Waals surface area contributed by atoms with Crippen LogP contribution in [0.2, 0.25) is 0 Å². The molecule has 86 valence electrons. The fourth-order valence-corrected chi connectivity index (χ4v) is 1.52. The van der Waals surface area contributed by atoms with Crippen molar-refractivity contribution in [3.8, 4) is 5.75 Å². The Labute approximate surface area is 95.6 Å². The van der Waals surface area contributed by atoms with E-state index in [9.17, 15) is 4.79 Å². The number of rotatable bonds is 5. The summed E-state index contributed by atoms with van der Waals surface area (Å²) in [5, 5.41) is 0. The van der Waals surface area contributed by atoms with Gasteiger partial charge in [0.25, 0.3) is 0 Å². The number of isocyanates is 1. The summed E-state index contributed by atoms with van der Waals surface area (Å²) in [7, 11) is 5.64. The third-order valence-corrected chi connectivity index (χ3v) is 2.16. The molecule has 0 aliphatic carbocycles. The predicted octanol–water partition coefficient (Wildman–Crippen LogP) is 1.59. The Kier molecular flexibility index (Phi) is 4.70. The molecular formula is C12H16N2O2. The van der Waals surface area contributed by atoms with Crippen molar-refractivity contribution in [3.05, 3.63) is 29.3 Å². The van der Waals surface area contributed by atoms with Gasteiger partial charge in [0.2, 0.25) is 6.08 Å². The topological polar surface area (TPSA) is 41.9 Å². The van der Waals surface area contributed by atoms with Crippen LogP contribution in [0.5, 0.6) is 5.75 Å². The molecule has 0 bridgehead atoms. The van der Waals surface area contributed by atoms with E-state index in [1.807, 2.05) is 32.3 Å². The summed E-state index contributed by atoms with van der Waals surface area (Å²) < 4.78 is 5.27. The minimum absolute atomic E-state index is 0.369. The lowest BCUT2D eigenvalue weighted by Gasteiger charge is -2.14. The van der Waals surface area contributed by atoms with Crippen molar-refractivity contribution >= 4 is 6.08 Å². The van der Waals surface area contributed by atoms with Gasteiger partial charge >= 0.3 is 0 Å². The maximum absolute atomic E-state index is 10.0. The van der Waals surface area contributed by atoms with E-state index < -0.39 is 0 Å². The largest absolute Gasteiger partial charge is 0.496 e. The monoisotopic (exact) mass is 220 g/mol. The van der Waals surface area contributed by atoms with Gasteiger partial charge in [0.1, 0.15) is 5.75 Å². The van der Waals surface area contributed by atoms with Gasteiger partial charge in [-0.3, -0.25) is 0 Å². The highest BCUT2D eigenvalue weighted by Gasteiger charge is 2.05.